The molecule has 19 heavy (non-hydrogen) atoms. The zero-order valence-corrected chi connectivity index (χ0v) is 11.1. The van der Waals surface area contributed by atoms with Gasteiger partial charge >= 0.3 is 5.97 Å². The van der Waals surface area contributed by atoms with Gasteiger partial charge in [-0.1, -0.05) is 30.3 Å². The number of carbonyl (C=O) groups is 2. The van der Waals surface area contributed by atoms with Gasteiger partial charge in [-0.05, 0) is 12.5 Å². The molecule has 1 aromatic rings. The molecule has 1 rings (SSSR count). The lowest BCUT2D eigenvalue weighted by molar-refractivity contribution is -0.142. The smallest absolute Gasteiger partial charge is 0.326 e. The van der Waals surface area contributed by atoms with Crippen LogP contribution in [-0.2, 0) is 14.3 Å². The van der Waals surface area contributed by atoms with Crippen molar-refractivity contribution in [2.45, 2.75) is 25.3 Å². The summed E-state index contributed by atoms with van der Waals surface area (Å²) in [7, 11) is 1.49. The van der Waals surface area contributed by atoms with Crippen LogP contribution in [0.3, 0.4) is 0 Å². The highest BCUT2D eigenvalue weighted by Gasteiger charge is 2.23. The molecule has 2 atom stereocenters. The van der Waals surface area contributed by atoms with E-state index in [-0.39, 0.29) is 24.9 Å². The zero-order valence-electron chi connectivity index (χ0n) is 11.1. The average Bonchev–Trinajstić information content (AvgIpc) is 2.43. The van der Waals surface area contributed by atoms with Crippen molar-refractivity contribution in [3.63, 3.8) is 0 Å². The molecule has 0 radical (unpaired) electrons. The monoisotopic (exact) mass is 265 g/mol. The summed E-state index contributed by atoms with van der Waals surface area (Å²) in [4.78, 5) is 23.0. The number of rotatable bonds is 7. The van der Waals surface area contributed by atoms with Crippen molar-refractivity contribution >= 4 is 11.9 Å². The van der Waals surface area contributed by atoms with Crippen LogP contribution in [0.1, 0.15) is 24.8 Å². The van der Waals surface area contributed by atoms with Crippen LogP contribution < -0.4 is 5.32 Å². The number of nitrogens with one attached hydrogen (secondary N) is 1. The van der Waals surface area contributed by atoms with E-state index in [2.05, 4.69) is 5.32 Å². The molecule has 0 saturated heterocycles. The fourth-order valence-electron chi connectivity index (χ4n) is 1.68. The molecular formula is C14H19NO4. The summed E-state index contributed by atoms with van der Waals surface area (Å²) < 4.78 is 4.83. The van der Waals surface area contributed by atoms with Gasteiger partial charge < -0.3 is 15.2 Å². The number of aliphatic carboxylic acids is 1. The van der Waals surface area contributed by atoms with Gasteiger partial charge in [-0.15, -0.1) is 0 Å². The number of carbonyl (C=O) groups excluding carboxylic acids is 1. The molecule has 104 valence electrons. The Kier molecular flexibility index (Phi) is 6.02. The van der Waals surface area contributed by atoms with Gasteiger partial charge in [0.15, 0.2) is 0 Å². The SMILES string of the molecule is COCCC(NC(=O)[C@@H](C)c1ccccc1)C(=O)O. The number of hydrogen-bond donors (Lipinski definition) is 2. The fourth-order valence-corrected chi connectivity index (χ4v) is 1.68. The second-order valence-corrected chi connectivity index (χ2v) is 4.31. The van der Waals surface area contributed by atoms with Crippen molar-refractivity contribution in [1.82, 2.24) is 5.32 Å². The Morgan fingerprint density at radius 2 is 1.95 bits per heavy atom. The number of carboxylic acids is 1. The Morgan fingerprint density at radius 3 is 2.47 bits per heavy atom. The third-order valence-corrected chi connectivity index (χ3v) is 2.92. The van der Waals surface area contributed by atoms with E-state index in [4.69, 9.17) is 9.84 Å². The first-order chi connectivity index (χ1) is 9.06. The summed E-state index contributed by atoms with van der Waals surface area (Å²) in [6.07, 6.45) is 0.249. The maximum absolute atomic E-state index is 12.0. The first kappa shape index (κ1) is 15.2. The molecule has 0 aliphatic heterocycles. The molecule has 1 unspecified atom stereocenters. The molecule has 2 N–H and O–H groups in total. The van der Waals surface area contributed by atoms with E-state index in [0.29, 0.717) is 0 Å². The quantitative estimate of drug-likeness (QED) is 0.781. The van der Waals surface area contributed by atoms with Crippen molar-refractivity contribution in [2.75, 3.05) is 13.7 Å². The van der Waals surface area contributed by atoms with Crippen LogP contribution in [0.25, 0.3) is 0 Å². The summed E-state index contributed by atoms with van der Waals surface area (Å²) in [6.45, 7) is 2.04. The molecule has 0 aliphatic carbocycles. The summed E-state index contributed by atoms with van der Waals surface area (Å²) in [5.74, 6) is -1.73. The normalized spacial score (nSPS) is 13.6. The predicted molar refractivity (Wildman–Crippen MR) is 70.9 cm³/mol. The molecule has 0 aromatic heterocycles. The number of carboxylic acid groups (broad SMARTS) is 1. The van der Waals surface area contributed by atoms with Crippen LogP contribution in [0, 0.1) is 0 Å². The molecule has 1 aromatic carbocycles. The second kappa shape index (κ2) is 7.53. The summed E-state index contributed by atoms with van der Waals surface area (Å²) in [6, 6.07) is 8.33. The fraction of sp³-hybridized carbons (Fsp3) is 0.429. The van der Waals surface area contributed by atoms with E-state index >= 15 is 0 Å². The van der Waals surface area contributed by atoms with E-state index in [1.165, 1.54) is 7.11 Å². The first-order valence-corrected chi connectivity index (χ1v) is 6.13. The number of ether oxygens (including phenoxy) is 1. The Labute approximate surface area is 112 Å². The van der Waals surface area contributed by atoms with Crippen LogP contribution in [0.2, 0.25) is 0 Å². The Hall–Kier alpha value is -1.88. The molecule has 0 bridgehead atoms. The van der Waals surface area contributed by atoms with Gasteiger partial charge in [0.25, 0.3) is 0 Å². The zero-order chi connectivity index (χ0) is 14.3. The highest BCUT2D eigenvalue weighted by atomic mass is 16.5. The number of amides is 1. The minimum Gasteiger partial charge on any atom is -0.480 e. The van der Waals surface area contributed by atoms with Crippen molar-refractivity contribution in [1.29, 1.82) is 0 Å². The van der Waals surface area contributed by atoms with Gasteiger partial charge in [0.2, 0.25) is 5.91 Å². The highest BCUT2D eigenvalue weighted by Crippen LogP contribution is 2.14. The third kappa shape index (κ3) is 4.71. The number of benzene rings is 1. The van der Waals surface area contributed by atoms with Crippen molar-refractivity contribution in [3.8, 4) is 0 Å². The topological polar surface area (TPSA) is 75.6 Å². The van der Waals surface area contributed by atoms with E-state index in [1.807, 2.05) is 30.3 Å². The van der Waals surface area contributed by atoms with Gasteiger partial charge in [-0.2, -0.15) is 0 Å². The summed E-state index contributed by atoms with van der Waals surface area (Å²) in [5.41, 5.74) is 0.857. The third-order valence-electron chi connectivity index (χ3n) is 2.92. The lowest BCUT2D eigenvalue weighted by Crippen LogP contribution is -2.43. The van der Waals surface area contributed by atoms with E-state index in [0.717, 1.165) is 5.56 Å². The maximum atomic E-state index is 12.0. The molecule has 0 heterocycles. The summed E-state index contributed by atoms with van der Waals surface area (Å²) in [5, 5.41) is 11.6. The maximum Gasteiger partial charge on any atom is 0.326 e. The standard InChI is InChI=1S/C14H19NO4/c1-10(11-6-4-3-5-7-11)13(16)15-12(14(17)18)8-9-19-2/h3-7,10,12H,8-9H2,1-2H3,(H,15,16)(H,17,18)/t10-,12?/m0/s1. The van der Waals surface area contributed by atoms with E-state index in [9.17, 15) is 9.59 Å². The van der Waals surface area contributed by atoms with E-state index in [1.54, 1.807) is 6.92 Å². The molecule has 0 saturated carbocycles. The van der Waals surface area contributed by atoms with Crippen molar-refractivity contribution in [2.24, 2.45) is 0 Å². The largest absolute Gasteiger partial charge is 0.480 e. The molecule has 0 fully saturated rings. The van der Waals surface area contributed by atoms with Crippen LogP contribution in [0.15, 0.2) is 30.3 Å². The van der Waals surface area contributed by atoms with Gasteiger partial charge in [-0.3, -0.25) is 4.79 Å². The van der Waals surface area contributed by atoms with Crippen LogP contribution in [0.5, 0.6) is 0 Å². The van der Waals surface area contributed by atoms with E-state index < -0.39 is 12.0 Å². The first-order valence-electron chi connectivity index (χ1n) is 6.13. The Morgan fingerprint density at radius 1 is 1.32 bits per heavy atom. The Balaban J connectivity index is 2.64. The van der Waals surface area contributed by atoms with Crippen molar-refractivity contribution < 1.29 is 19.4 Å². The highest BCUT2D eigenvalue weighted by molar-refractivity contribution is 5.87. The van der Waals surface area contributed by atoms with Crippen LogP contribution >= 0.6 is 0 Å². The molecule has 1 amide bonds. The molecule has 0 spiro atoms. The van der Waals surface area contributed by atoms with Crippen LogP contribution in [0.4, 0.5) is 0 Å². The van der Waals surface area contributed by atoms with Gasteiger partial charge in [0.05, 0.1) is 5.92 Å². The second-order valence-electron chi connectivity index (χ2n) is 4.31. The minimum absolute atomic E-state index is 0.249. The lowest BCUT2D eigenvalue weighted by atomic mass is 10.00. The summed E-state index contributed by atoms with van der Waals surface area (Å²) >= 11 is 0. The molecule has 5 nitrogen and oxygen atoms in total. The minimum atomic E-state index is -1.05. The molecular weight excluding hydrogens is 246 g/mol. The Bertz CT molecular complexity index is 419. The predicted octanol–water partition coefficient (Wildman–Crippen LogP) is 1.40. The van der Waals surface area contributed by atoms with Gasteiger partial charge in [0, 0.05) is 20.1 Å². The molecule has 5 heteroatoms. The van der Waals surface area contributed by atoms with Gasteiger partial charge in [-0.25, -0.2) is 4.79 Å². The lowest BCUT2D eigenvalue weighted by Gasteiger charge is -2.17. The van der Waals surface area contributed by atoms with Gasteiger partial charge in [0.1, 0.15) is 6.04 Å². The number of hydrogen-bond acceptors (Lipinski definition) is 3. The van der Waals surface area contributed by atoms with Crippen LogP contribution in [-0.4, -0.2) is 36.7 Å². The average molecular weight is 265 g/mol. The van der Waals surface area contributed by atoms with Crippen molar-refractivity contribution in [3.05, 3.63) is 35.9 Å². The number of methoxy groups -OCH3 is 1. The molecule has 0 aliphatic rings.